The quantitative estimate of drug-likeness (QED) is 0.266. The summed E-state index contributed by atoms with van der Waals surface area (Å²) in [5, 5.41) is 2.85. The van der Waals surface area contributed by atoms with Crippen LogP contribution in [0.15, 0.2) is 116 Å². The second-order valence-electron chi connectivity index (χ2n) is 18.0. The predicted octanol–water partition coefficient (Wildman–Crippen LogP) is 11.0. The van der Waals surface area contributed by atoms with Crippen LogP contribution in [-0.4, -0.2) is 21.6 Å². The highest BCUT2D eigenvalue weighted by Crippen LogP contribution is 2.52. The molecule has 0 N–H and O–H groups in total. The van der Waals surface area contributed by atoms with Crippen molar-refractivity contribution in [2.45, 2.75) is 101 Å². The summed E-state index contributed by atoms with van der Waals surface area (Å²) in [7, 11) is 0. The zero-order valence-corrected chi connectivity index (χ0v) is 33.3. The van der Waals surface area contributed by atoms with Crippen molar-refractivity contribution in [1.82, 2.24) is 9.47 Å². The Kier molecular flexibility index (Phi) is 7.51. The molecule has 1 aliphatic heterocycles. The lowest BCUT2D eigenvalue weighted by Gasteiger charge is -2.37. The molecule has 5 atom stereocenters. The largest absolute Gasteiger partial charge is 0.465 e. The molecule has 10 aliphatic rings. The topological polar surface area (TPSA) is 34.5 Å². The van der Waals surface area contributed by atoms with E-state index >= 15 is 0 Å². The first-order valence-electron chi connectivity index (χ1n) is 22.4. The lowest BCUT2D eigenvalue weighted by molar-refractivity contribution is 0.256. The molecule has 5 unspecified atom stereocenters. The van der Waals surface area contributed by atoms with E-state index in [1.807, 2.05) is 0 Å². The molecule has 4 nitrogen and oxygen atoms in total. The van der Waals surface area contributed by atoms with Gasteiger partial charge in [-0.15, -0.1) is 0 Å². The van der Waals surface area contributed by atoms with Crippen molar-refractivity contribution in [3.63, 3.8) is 0 Å². The molecular weight excluding hydrogens is 709 g/mol. The fraction of sp³-hybridized carbons (Fsp3) is 0.333. The number of hydrogen-bond donors (Lipinski definition) is 0. The second-order valence-corrected chi connectivity index (χ2v) is 18.0. The van der Waals surface area contributed by atoms with Gasteiger partial charge < -0.3 is 18.3 Å². The van der Waals surface area contributed by atoms with Crippen molar-refractivity contribution < 1.29 is 8.83 Å². The van der Waals surface area contributed by atoms with Gasteiger partial charge in [0, 0.05) is 75.8 Å². The van der Waals surface area contributed by atoms with Gasteiger partial charge in [0.05, 0.1) is 12.1 Å². The summed E-state index contributed by atoms with van der Waals surface area (Å²) in [5.74, 6) is 5.82. The van der Waals surface area contributed by atoms with Gasteiger partial charge in [0.1, 0.15) is 23.0 Å². The van der Waals surface area contributed by atoms with Gasteiger partial charge in [0.25, 0.3) is 0 Å². The van der Waals surface area contributed by atoms with Crippen molar-refractivity contribution in [1.29, 1.82) is 0 Å². The van der Waals surface area contributed by atoms with Gasteiger partial charge in [-0.2, -0.15) is 0 Å². The fourth-order valence-electron chi connectivity index (χ4n) is 12.3. The summed E-state index contributed by atoms with van der Waals surface area (Å²) in [6.45, 7) is 0. The molecule has 0 saturated carbocycles. The molecule has 0 saturated heterocycles. The maximum atomic E-state index is 7.08. The zero-order valence-electron chi connectivity index (χ0n) is 33.3. The molecule has 58 heavy (non-hydrogen) atoms. The van der Waals surface area contributed by atoms with Gasteiger partial charge in [0.2, 0.25) is 0 Å². The molecule has 3 aromatic rings. The van der Waals surface area contributed by atoms with Gasteiger partial charge in [-0.3, -0.25) is 0 Å². The Hall–Kier alpha value is -5.48. The van der Waals surface area contributed by atoms with Gasteiger partial charge in [-0.1, -0.05) is 91.1 Å². The van der Waals surface area contributed by atoms with Crippen LogP contribution in [0.1, 0.15) is 109 Å². The van der Waals surface area contributed by atoms with Crippen LogP contribution >= 0.6 is 0 Å². The van der Waals surface area contributed by atoms with Crippen LogP contribution in [-0.2, 0) is 25.7 Å². The number of aromatic nitrogens is 1. The molecule has 0 fully saturated rings. The monoisotopic (exact) mass is 758 g/mol. The first kappa shape index (κ1) is 33.5. The van der Waals surface area contributed by atoms with Crippen LogP contribution in [0.25, 0.3) is 47.2 Å². The third-order valence-corrected chi connectivity index (χ3v) is 14.9. The van der Waals surface area contributed by atoms with E-state index in [0.717, 1.165) is 101 Å². The van der Waals surface area contributed by atoms with E-state index in [1.165, 1.54) is 72.4 Å². The molecule has 0 bridgehead atoms. The summed E-state index contributed by atoms with van der Waals surface area (Å²) < 4.78 is 16.4. The molecule has 0 radical (unpaired) electrons. The highest BCUT2D eigenvalue weighted by atomic mass is 16.4. The van der Waals surface area contributed by atoms with Gasteiger partial charge in [0.15, 0.2) is 0 Å². The number of furan rings is 2. The van der Waals surface area contributed by atoms with Crippen molar-refractivity contribution in [3.05, 3.63) is 163 Å². The number of hydrogen-bond acceptors (Lipinski definition) is 3. The van der Waals surface area contributed by atoms with Crippen molar-refractivity contribution in [3.8, 4) is 11.1 Å². The third-order valence-electron chi connectivity index (χ3n) is 14.9. The van der Waals surface area contributed by atoms with E-state index in [0.29, 0.717) is 29.8 Å². The molecule has 0 amide bonds. The number of fused-ring (bicyclic) bond motifs is 12. The fourth-order valence-corrected chi connectivity index (χ4v) is 12.3. The number of allylic oxidation sites excluding steroid dienone is 13. The third kappa shape index (κ3) is 4.93. The summed E-state index contributed by atoms with van der Waals surface area (Å²) >= 11 is 0. The Morgan fingerprint density at radius 3 is 2.43 bits per heavy atom. The summed E-state index contributed by atoms with van der Waals surface area (Å²) in [5.41, 5.74) is 15.4. The highest BCUT2D eigenvalue weighted by Gasteiger charge is 2.42. The first-order valence-corrected chi connectivity index (χ1v) is 22.4. The van der Waals surface area contributed by atoms with Gasteiger partial charge in [-0.05, 0) is 122 Å². The number of rotatable bonds is 4. The lowest BCUT2D eigenvalue weighted by atomic mass is 9.77. The maximum Gasteiger partial charge on any atom is 0.116 e. The van der Waals surface area contributed by atoms with Gasteiger partial charge in [-0.25, -0.2) is 0 Å². The van der Waals surface area contributed by atoms with Crippen molar-refractivity contribution in [2.24, 2.45) is 11.8 Å². The minimum absolute atomic E-state index is 0.324. The van der Waals surface area contributed by atoms with E-state index in [9.17, 15) is 0 Å². The first-order chi connectivity index (χ1) is 28.8. The molecule has 4 heterocycles. The molecule has 3 aromatic heterocycles. The zero-order chi connectivity index (χ0) is 37.9. The second kappa shape index (κ2) is 13.0. The molecule has 0 aromatic carbocycles. The SMILES string of the molecule is C1=CCC(N2C3=C(CCC=C3)C3C=C(C4=Cc5c(oc6c5-c5c(oc7c5C=CCC7C5C=c7c8c(n(C9=CCCC=C9)c7=CC5)C=CCC8)CC6)CC4)C=CC32)C=C1. The summed E-state index contributed by atoms with van der Waals surface area (Å²) in [6.07, 6.45) is 59.5. The molecule has 9 aliphatic carbocycles. The standard InChI is InChI=1S/C54H50N2O2/c1-3-12-36(13-4-1)55-45-20-9-7-16-39(45)42-30-33(22-25-47(42)55)34-24-27-49-44(31-34)53-50(57-49)28-29-51-52(53)41-19-11-18-38(54(41)58-51)35-23-26-48-43(32-35)40-17-8-10-21-46(40)56(48)37-14-5-2-6-15-37/h1,3-5,9-12,14-15,19-22,25-26,30-32,35-36,38,42,47H,2,6-8,13,16-18,23-24,27-29H2. The van der Waals surface area contributed by atoms with Crippen LogP contribution in [0, 0.1) is 11.8 Å². The minimum Gasteiger partial charge on any atom is -0.465 e. The number of aryl methyl sites for hydroxylation is 3. The van der Waals surface area contributed by atoms with E-state index < -0.39 is 0 Å². The maximum absolute atomic E-state index is 7.08. The average Bonchev–Trinajstić information content (AvgIpc) is 4.04. The Balaban J connectivity index is 0.856. The lowest BCUT2D eigenvalue weighted by Crippen LogP contribution is -2.40. The normalized spacial score (nSPS) is 28.0. The van der Waals surface area contributed by atoms with Crippen molar-refractivity contribution >= 4 is 36.1 Å². The van der Waals surface area contributed by atoms with E-state index in [-0.39, 0.29) is 0 Å². The molecule has 4 heteroatoms. The Morgan fingerprint density at radius 2 is 1.52 bits per heavy atom. The summed E-state index contributed by atoms with van der Waals surface area (Å²) in [6, 6.07) is 0.807. The van der Waals surface area contributed by atoms with E-state index in [2.05, 4.69) is 125 Å². The molecule has 0 spiro atoms. The minimum atomic E-state index is 0.324. The van der Waals surface area contributed by atoms with E-state index in [4.69, 9.17) is 8.83 Å². The summed E-state index contributed by atoms with van der Waals surface area (Å²) in [4.78, 5) is 2.71. The predicted molar refractivity (Wildman–Crippen MR) is 236 cm³/mol. The Morgan fingerprint density at radius 1 is 0.638 bits per heavy atom. The number of nitrogens with zero attached hydrogens (tertiary/aromatic N) is 2. The van der Waals surface area contributed by atoms with Gasteiger partial charge >= 0.3 is 0 Å². The Labute approximate surface area is 341 Å². The highest BCUT2D eigenvalue weighted by molar-refractivity contribution is 5.89. The molecular formula is C54H50N2O2. The van der Waals surface area contributed by atoms with Crippen molar-refractivity contribution in [2.75, 3.05) is 0 Å². The molecule has 13 rings (SSSR count). The Bertz CT molecular complexity index is 2800. The smallest absolute Gasteiger partial charge is 0.116 e. The van der Waals surface area contributed by atoms with E-state index in [1.54, 1.807) is 5.57 Å². The van der Waals surface area contributed by atoms with Crippen LogP contribution in [0.2, 0.25) is 0 Å². The van der Waals surface area contributed by atoms with Crippen LogP contribution in [0.4, 0.5) is 0 Å². The average molecular weight is 759 g/mol. The van der Waals surface area contributed by atoms with Crippen LogP contribution in [0.3, 0.4) is 0 Å². The molecule has 288 valence electrons. The van der Waals surface area contributed by atoms with Crippen LogP contribution in [0.5, 0.6) is 0 Å². The van der Waals surface area contributed by atoms with Crippen LogP contribution < -0.4 is 10.6 Å².